The van der Waals surface area contributed by atoms with Crippen LogP contribution in [0.1, 0.15) is 61.5 Å². The Morgan fingerprint density at radius 3 is 2.45 bits per heavy atom. The molecule has 1 saturated heterocycles. The molecule has 3 heterocycles. The third-order valence-electron chi connectivity index (χ3n) is 7.86. The summed E-state index contributed by atoms with van der Waals surface area (Å²) in [4.78, 5) is 2.45. The fourth-order valence-electron chi connectivity index (χ4n) is 5.52. The number of ether oxygens (including phenoxy) is 2. The molecule has 33 heavy (non-hydrogen) atoms. The van der Waals surface area contributed by atoms with Crippen molar-refractivity contribution in [2.24, 2.45) is 5.92 Å². The number of nitrogens with one attached hydrogen (secondary N) is 3. The van der Waals surface area contributed by atoms with Gasteiger partial charge >= 0.3 is 0 Å². The first-order valence-electron chi connectivity index (χ1n) is 13.0. The summed E-state index contributed by atoms with van der Waals surface area (Å²) in [5, 5.41) is 10.7. The van der Waals surface area contributed by atoms with Crippen LogP contribution in [0, 0.1) is 5.92 Å². The van der Waals surface area contributed by atoms with Crippen LogP contribution in [0.3, 0.4) is 0 Å². The van der Waals surface area contributed by atoms with Crippen LogP contribution >= 0.6 is 0 Å². The quantitative estimate of drug-likeness (QED) is 0.527. The Kier molecular flexibility index (Phi) is 6.07. The van der Waals surface area contributed by atoms with E-state index in [9.17, 15) is 0 Å². The lowest BCUT2D eigenvalue weighted by atomic mass is 9.98. The molecule has 5 aliphatic rings. The molecule has 0 aromatic heterocycles. The predicted molar refractivity (Wildman–Crippen MR) is 131 cm³/mol. The van der Waals surface area contributed by atoms with Crippen LogP contribution in [0.5, 0.6) is 0 Å². The molecule has 0 radical (unpaired) electrons. The second-order valence-electron chi connectivity index (χ2n) is 10.4. The first-order chi connectivity index (χ1) is 16.3. The second kappa shape index (κ2) is 9.32. The van der Waals surface area contributed by atoms with E-state index in [-0.39, 0.29) is 12.3 Å². The summed E-state index contributed by atoms with van der Waals surface area (Å²) in [6, 6.07) is 7.39. The molecule has 6 heteroatoms. The maximum atomic E-state index is 6.12. The average molecular weight is 451 g/mol. The summed E-state index contributed by atoms with van der Waals surface area (Å²) >= 11 is 0. The molecule has 3 aliphatic heterocycles. The van der Waals surface area contributed by atoms with Crippen molar-refractivity contribution < 1.29 is 9.47 Å². The van der Waals surface area contributed by atoms with Crippen molar-refractivity contribution in [1.29, 1.82) is 0 Å². The Balaban J connectivity index is 1.17. The van der Waals surface area contributed by atoms with Crippen molar-refractivity contribution in [3.05, 3.63) is 53.1 Å². The SMILES string of the molecule is COC(NCC1CCNCC1)C1C=CC2=C(N1)OCCN2c1cc(C2CC2)cc(C2CC2)c1. The monoisotopic (exact) mass is 450 g/mol. The highest BCUT2D eigenvalue weighted by Gasteiger charge is 2.33. The highest BCUT2D eigenvalue weighted by atomic mass is 16.5. The molecular formula is C27H38N4O2. The number of methoxy groups -OCH3 is 1. The Hall–Kier alpha value is -2.02. The third kappa shape index (κ3) is 4.79. The summed E-state index contributed by atoms with van der Waals surface area (Å²) in [6.07, 6.45) is 12.2. The van der Waals surface area contributed by atoms with Crippen LogP contribution in [-0.2, 0) is 9.47 Å². The fourth-order valence-corrected chi connectivity index (χ4v) is 5.52. The molecule has 2 atom stereocenters. The van der Waals surface area contributed by atoms with E-state index in [2.05, 4.69) is 51.2 Å². The molecule has 3 N–H and O–H groups in total. The summed E-state index contributed by atoms with van der Waals surface area (Å²) < 4.78 is 12.0. The zero-order valence-corrected chi connectivity index (χ0v) is 19.8. The molecular weight excluding hydrogens is 412 g/mol. The normalized spacial score (nSPS) is 26.6. The van der Waals surface area contributed by atoms with Crippen molar-refractivity contribution in [3.8, 4) is 0 Å². The number of hydrogen-bond donors (Lipinski definition) is 3. The third-order valence-corrected chi connectivity index (χ3v) is 7.86. The molecule has 0 amide bonds. The van der Waals surface area contributed by atoms with Gasteiger partial charge in [0.2, 0.25) is 5.88 Å². The van der Waals surface area contributed by atoms with Crippen molar-refractivity contribution in [1.82, 2.24) is 16.0 Å². The summed E-state index contributed by atoms with van der Waals surface area (Å²) in [5.74, 6) is 3.14. The maximum absolute atomic E-state index is 6.12. The molecule has 0 bridgehead atoms. The molecule has 178 valence electrons. The number of hydrogen-bond acceptors (Lipinski definition) is 6. The van der Waals surface area contributed by atoms with E-state index in [0.29, 0.717) is 12.5 Å². The summed E-state index contributed by atoms with van der Waals surface area (Å²) in [6.45, 7) is 4.81. The number of piperidine rings is 1. The van der Waals surface area contributed by atoms with Crippen LogP contribution < -0.4 is 20.9 Å². The highest BCUT2D eigenvalue weighted by Crippen LogP contribution is 2.47. The molecule has 0 spiro atoms. The molecule has 1 aromatic carbocycles. The smallest absolute Gasteiger partial charge is 0.212 e. The zero-order chi connectivity index (χ0) is 22.2. The van der Waals surface area contributed by atoms with Gasteiger partial charge in [-0.25, -0.2) is 0 Å². The molecule has 6 rings (SSSR count). The fraction of sp³-hybridized carbons (Fsp3) is 0.630. The van der Waals surface area contributed by atoms with E-state index in [0.717, 1.165) is 49.6 Å². The van der Waals surface area contributed by atoms with Crippen molar-refractivity contribution in [2.75, 3.05) is 44.8 Å². The number of rotatable bonds is 8. The Morgan fingerprint density at radius 1 is 1.06 bits per heavy atom. The van der Waals surface area contributed by atoms with E-state index in [1.165, 1.54) is 55.3 Å². The second-order valence-corrected chi connectivity index (χ2v) is 10.4. The number of benzene rings is 1. The zero-order valence-electron chi connectivity index (χ0n) is 19.8. The van der Waals surface area contributed by atoms with Gasteiger partial charge in [0.15, 0.2) is 0 Å². The Bertz CT molecular complexity index is 884. The van der Waals surface area contributed by atoms with Gasteiger partial charge in [0.1, 0.15) is 18.5 Å². The topological polar surface area (TPSA) is 57.8 Å². The van der Waals surface area contributed by atoms with E-state index in [4.69, 9.17) is 9.47 Å². The lowest BCUT2D eigenvalue weighted by Crippen LogP contribution is -2.52. The standard InChI is InChI=1S/C27H38N4O2/c1-32-26(29-17-18-8-10-28-11-9-18)24-6-7-25-27(30-24)33-13-12-31(25)23-15-21(19-2-3-19)14-22(16-23)20-4-5-20/h6-7,14-16,18-20,24,26,28-30H,2-5,8-13,17H2,1H3. The number of nitrogens with zero attached hydrogens (tertiary/aromatic N) is 1. The maximum Gasteiger partial charge on any atom is 0.212 e. The number of dihydropyridines is 1. The van der Waals surface area contributed by atoms with Crippen LogP contribution in [0.25, 0.3) is 0 Å². The Labute approximate surface area is 197 Å². The van der Waals surface area contributed by atoms with Crippen LogP contribution in [0.4, 0.5) is 5.69 Å². The van der Waals surface area contributed by atoms with E-state index in [1.807, 2.05) is 0 Å². The minimum absolute atomic E-state index is 0.0511. The molecule has 2 aliphatic carbocycles. The summed E-state index contributed by atoms with van der Waals surface area (Å²) in [5.41, 5.74) is 5.54. The molecule has 3 fully saturated rings. The molecule has 2 unspecified atom stereocenters. The van der Waals surface area contributed by atoms with Gasteiger partial charge in [-0.05, 0) is 98.7 Å². The van der Waals surface area contributed by atoms with Crippen LogP contribution in [0.2, 0.25) is 0 Å². The van der Waals surface area contributed by atoms with Gasteiger partial charge in [0.05, 0.1) is 12.6 Å². The average Bonchev–Trinajstić information content (AvgIpc) is 3.77. The first kappa shape index (κ1) is 21.5. The van der Waals surface area contributed by atoms with Gasteiger partial charge in [0.25, 0.3) is 0 Å². The van der Waals surface area contributed by atoms with Crippen LogP contribution in [0.15, 0.2) is 41.9 Å². The summed E-state index contributed by atoms with van der Waals surface area (Å²) in [7, 11) is 1.79. The predicted octanol–water partition coefficient (Wildman–Crippen LogP) is 3.54. The van der Waals surface area contributed by atoms with Gasteiger partial charge in [-0.15, -0.1) is 0 Å². The Morgan fingerprint density at radius 2 is 1.79 bits per heavy atom. The van der Waals surface area contributed by atoms with Gasteiger partial charge in [-0.1, -0.05) is 12.1 Å². The minimum atomic E-state index is -0.0798. The van der Waals surface area contributed by atoms with Gasteiger partial charge < -0.3 is 25.0 Å². The first-order valence-corrected chi connectivity index (χ1v) is 13.0. The van der Waals surface area contributed by atoms with Crippen LogP contribution in [-0.4, -0.2) is 52.2 Å². The largest absolute Gasteiger partial charge is 0.476 e. The van der Waals surface area contributed by atoms with Gasteiger partial charge in [0, 0.05) is 19.3 Å². The van der Waals surface area contributed by atoms with Gasteiger partial charge in [-0.3, -0.25) is 5.32 Å². The molecule has 6 nitrogen and oxygen atoms in total. The molecule has 2 saturated carbocycles. The van der Waals surface area contributed by atoms with E-state index in [1.54, 1.807) is 7.11 Å². The number of anilines is 1. The minimum Gasteiger partial charge on any atom is -0.476 e. The number of allylic oxidation sites excluding steroid dienone is 1. The van der Waals surface area contributed by atoms with Crippen molar-refractivity contribution in [3.63, 3.8) is 0 Å². The van der Waals surface area contributed by atoms with Gasteiger partial charge in [-0.2, -0.15) is 0 Å². The highest BCUT2D eigenvalue weighted by molar-refractivity contribution is 5.61. The van der Waals surface area contributed by atoms with E-state index < -0.39 is 0 Å². The lowest BCUT2D eigenvalue weighted by molar-refractivity contribution is 0.0429. The van der Waals surface area contributed by atoms with Crippen molar-refractivity contribution >= 4 is 5.69 Å². The van der Waals surface area contributed by atoms with Crippen molar-refractivity contribution in [2.45, 2.75) is 62.6 Å². The lowest BCUT2D eigenvalue weighted by Gasteiger charge is -2.38. The molecule has 1 aromatic rings. The van der Waals surface area contributed by atoms with E-state index >= 15 is 0 Å².